The summed E-state index contributed by atoms with van der Waals surface area (Å²) in [6.07, 6.45) is 10.1. The molecule has 1 spiro atoms. The largest absolute Gasteiger partial charge is 0.495 e. The second-order valence-corrected chi connectivity index (χ2v) is 13.2. The van der Waals surface area contributed by atoms with E-state index in [0.717, 1.165) is 17.9 Å². The fourth-order valence-corrected chi connectivity index (χ4v) is 7.09. The van der Waals surface area contributed by atoms with Gasteiger partial charge in [-0.1, -0.05) is 36.6 Å². The topological polar surface area (TPSA) is 93.2 Å². The normalized spacial score (nSPS) is 16.6. The van der Waals surface area contributed by atoms with Crippen LogP contribution in [0.2, 0.25) is 5.02 Å². The Morgan fingerprint density at radius 1 is 1.03 bits per heavy atom. The first-order chi connectivity index (χ1) is 17.7. The number of fused-ring (bicyclic) bond motifs is 2. The Morgan fingerprint density at radius 3 is 2.49 bits per heavy atom. The van der Waals surface area contributed by atoms with Crippen molar-refractivity contribution in [3.05, 3.63) is 58.7 Å². The number of hydrogen-bond acceptors (Lipinski definition) is 7. The van der Waals surface area contributed by atoms with Gasteiger partial charge >= 0.3 is 0 Å². The van der Waals surface area contributed by atoms with Crippen molar-refractivity contribution >= 4 is 44.6 Å². The quantitative estimate of drug-likeness (QED) is 0.334. The van der Waals surface area contributed by atoms with Crippen LogP contribution in [0, 0.1) is 0 Å². The van der Waals surface area contributed by atoms with Crippen molar-refractivity contribution in [2.75, 3.05) is 17.7 Å². The summed E-state index contributed by atoms with van der Waals surface area (Å²) in [7, 11) is -1.83. The van der Waals surface area contributed by atoms with Gasteiger partial charge in [-0.3, -0.25) is 0 Å². The van der Waals surface area contributed by atoms with Crippen molar-refractivity contribution in [1.29, 1.82) is 0 Å². The van der Waals surface area contributed by atoms with Gasteiger partial charge in [0.25, 0.3) is 0 Å². The minimum absolute atomic E-state index is 0.200. The number of methoxy groups -OCH3 is 1. The van der Waals surface area contributed by atoms with E-state index < -0.39 is 15.1 Å². The number of rotatable bonds is 7. The monoisotopic (exact) mass is 540 g/mol. The molecule has 1 saturated carbocycles. The van der Waals surface area contributed by atoms with Gasteiger partial charge in [0.05, 0.1) is 34.8 Å². The van der Waals surface area contributed by atoms with Crippen LogP contribution < -0.4 is 15.4 Å². The molecule has 0 bridgehead atoms. The molecule has 1 heterocycles. The number of anilines is 4. The number of nitrogens with one attached hydrogen (secondary N) is 2. The van der Waals surface area contributed by atoms with Crippen LogP contribution in [-0.2, 0) is 21.7 Å². The smallest absolute Gasteiger partial charge is 0.229 e. The van der Waals surface area contributed by atoms with Gasteiger partial charge in [0.2, 0.25) is 5.95 Å². The lowest BCUT2D eigenvalue weighted by Crippen LogP contribution is -2.27. The summed E-state index contributed by atoms with van der Waals surface area (Å²) in [4.78, 5) is 9.14. The molecule has 0 saturated heterocycles. The molecular formula is C28H33ClN4O3S. The van der Waals surface area contributed by atoms with Crippen LogP contribution in [0.3, 0.4) is 0 Å². The Hall–Kier alpha value is -2.84. The Labute approximate surface area is 223 Å². The number of benzene rings is 2. The second kappa shape index (κ2) is 10.1. The van der Waals surface area contributed by atoms with Crippen molar-refractivity contribution in [2.24, 2.45) is 0 Å². The molecule has 2 aliphatic carbocycles. The molecule has 0 amide bonds. The summed E-state index contributed by atoms with van der Waals surface area (Å²) >= 11 is 6.41. The molecule has 37 heavy (non-hydrogen) atoms. The molecule has 0 aliphatic heterocycles. The number of nitrogens with zero attached hydrogens (tertiary/aromatic N) is 2. The van der Waals surface area contributed by atoms with Crippen LogP contribution in [0.25, 0.3) is 0 Å². The van der Waals surface area contributed by atoms with Crippen molar-refractivity contribution in [3.8, 4) is 5.75 Å². The zero-order chi connectivity index (χ0) is 26.2. The van der Waals surface area contributed by atoms with Crippen molar-refractivity contribution < 1.29 is 13.2 Å². The summed E-state index contributed by atoms with van der Waals surface area (Å²) < 4.78 is 31.6. The van der Waals surface area contributed by atoms with Crippen molar-refractivity contribution in [3.63, 3.8) is 0 Å². The van der Waals surface area contributed by atoms with Gasteiger partial charge in [-0.2, -0.15) is 4.98 Å². The Kier molecular flexibility index (Phi) is 7.07. The van der Waals surface area contributed by atoms with E-state index in [9.17, 15) is 8.42 Å². The average molecular weight is 541 g/mol. The molecule has 2 N–H and O–H groups in total. The van der Waals surface area contributed by atoms with Gasteiger partial charge in [-0.25, -0.2) is 13.4 Å². The summed E-state index contributed by atoms with van der Waals surface area (Å²) in [5.41, 5.74) is 4.29. The fourth-order valence-electron chi connectivity index (χ4n) is 5.75. The Morgan fingerprint density at radius 2 is 1.76 bits per heavy atom. The molecule has 3 aromatic rings. The van der Waals surface area contributed by atoms with E-state index in [-0.39, 0.29) is 15.3 Å². The van der Waals surface area contributed by atoms with Crippen LogP contribution in [-0.4, -0.2) is 30.7 Å². The van der Waals surface area contributed by atoms with E-state index in [1.807, 2.05) is 0 Å². The molecule has 2 aromatic carbocycles. The van der Waals surface area contributed by atoms with Crippen LogP contribution in [0.4, 0.5) is 23.1 Å². The minimum Gasteiger partial charge on any atom is -0.495 e. The summed E-state index contributed by atoms with van der Waals surface area (Å²) in [5, 5.41) is 6.13. The van der Waals surface area contributed by atoms with Crippen LogP contribution in [0.5, 0.6) is 5.75 Å². The second-order valence-electron chi connectivity index (χ2n) is 10.3. The SMILES string of the molecule is COc1cc2c(cc1Nc1ncc(Cl)c(Nc3ccccc3S(=O)(=O)C(C)C)n1)CCCC21CCCC1. The molecule has 0 unspecified atom stereocenters. The number of sulfone groups is 1. The number of ether oxygens (including phenoxy) is 1. The molecule has 2 aliphatic rings. The van der Waals surface area contributed by atoms with E-state index in [4.69, 9.17) is 16.3 Å². The number of aryl methyl sites for hydroxylation is 1. The van der Waals surface area contributed by atoms with Crippen molar-refractivity contribution in [1.82, 2.24) is 9.97 Å². The summed E-state index contributed by atoms with van der Waals surface area (Å²) in [6.45, 7) is 3.32. The highest BCUT2D eigenvalue weighted by molar-refractivity contribution is 7.92. The van der Waals surface area contributed by atoms with Gasteiger partial charge in [0, 0.05) is 0 Å². The van der Waals surface area contributed by atoms with E-state index in [1.54, 1.807) is 45.2 Å². The van der Waals surface area contributed by atoms with E-state index in [2.05, 4.69) is 32.7 Å². The summed E-state index contributed by atoms with van der Waals surface area (Å²) in [6, 6.07) is 11.1. The predicted molar refractivity (Wildman–Crippen MR) is 148 cm³/mol. The van der Waals surface area contributed by atoms with E-state index >= 15 is 0 Å². The molecule has 196 valence electrons. The standard InChI is InChI=1S/C28H33ClN4O3S/c1-18(2)37(34,35)25-11-5-4-10-22(25)31-26-21(29)17-30-27(33-26)32-23-15-19-9-8-14-28(12-6-7-13-28)20(19)16-24(23)36-3/h4-5,10-11,15-18H,6-9,12-14H2,1-3H3,(H2,30,31,32,33). The Balaban J connectivity index is 1.46. The molecule has 5 rings (SSSR count). The third-order valence-electron chi connectivity index (χ3n) is 7.72. The number of aromatic nitrogens is 2. The zero-order valence-corrected chi connectivity index (χ0v) is 23.0. The molecule has 0 radical (unpaired) electrons. The lowest BCUT2D eigenvalue weighted by Gasteiger charge is -2.36. The molecule has 9 heteroatoms. The average Bonchev–Trinajstić information content (AvgIpc) is 3.35. The van der Waals surface area contributed by atoms with Crippen LogP contribution in [0.1, 0.15) is 63.5 Å². The third-order valence-corrected chi connectivity index (χ3v) is 10.2. The van der Waals surface area contributed by atoms with Gasteiger partial charge in [-0.15, -0.1) is 0 Å². The maximum Gasteiger partial charge on any atom is 0.229 e. The fraction of sp³-hybridized carbons (Fsp3) is 0.429. The molecule has 7 nitrogen and oxygen atoms in total. The van der Waals surface area contributed by atoms with Crippen LogP contribution in [0.15, 0.2) is 47.5 Å². The number of halogens is 1. The first-order valence-electron chi connectivity index (χ1n) is 12.8. The predicted octanol–water partition coefficient (Wildman–Crippen LogP) is 6.96. The highest BCUT2D eigenvalue weighted by atomic mass is 35.5. The molecule has 1 aromatic heterocycles. The first kappa shape index (κ1) is 25.8. The molecule has 1 fully saturated rings. The maximum atomic E-state index is 12.9. The van der Waals surface area contributed by atoms with Crippen LogP contribution >= 0.6 is 11.6 Å². The summed E-state index contributed by atoms with van der Waals surface area (Å²) in [5.74, 6) is 1.40. The van der Waals surface area contributed by atoms with Crippen molar-refractivity contribution in [2.45, 2.75) is 74.4 Å². The number of hydrogen-bond donors (Lipinski definition) is 2. The third kappa shape index (κ3) is 4.89. The van der Waals surface area contributed by atoms with Gasteiger partial charge < -0.3 is 15.4 Å². The van der Waals surface area contributed by atoms with E-state index in [1.165, 1.54) is 55.8 Å². The molecular weight excluding hydrogens is 508 g/mol. The minimum atomic E-state index is -3.51. The first-order valence-corrected chi connectivity index (χ1v) is 14.8. The highest BCUT2D eigenvalue weighted by Gasteiger charge is 2.39. The number of para-hydroxylation sites is 1. The van der Waals surface area contributed by atoms with E-state index in [0.29, 0.717) is 17.5 Å². The van der Waals surface area contributed by atoms with Gasteiger partial charge in [0.1, 0.15) is 10.8 Å². The molecule has 0 atom stereocenters. The zero-order valence-electron chi connectivity index (χ0n) is 21.5. The van der Waals surface area contributed by atoms with Gasteiger partial charge in [-0.05, 0) is 86.8 Å². The Bertz CT molecular complexity index is 1420. The maximum absolute atomic E-state index is 12.9. The lowest BCUT2D eigenvalue weighted by atomic mass is 9.69. The lowest BCUT2D eigenvalue weighted by molar-refractivity contribution is 0.363. The van der Waals surface area contributed by atoms with Gasteiger partial charge in [0.15, 0.2) is 15.7 Å². The highest BCUT2D eigenvalue weighted by Crippen LogP contribution is 2.51.